The summed E-state index contributed by atoms with van der Waals surface area (Å²) in [6.45, 7) is 7.66. The number of unbranched alkanes of at least 4 members (excludes halogenated alkanes) is 1. The van der Waals surface area contributed by atoms with Crippen LogP contribution in [0.4, 0.5) is 22.1 Å². The van der Waals surface area contributed by atoms with Crippen molar-refractivity contribution in [3.05, 3.63) is 12.3 Å². The summed E-state index contributed by atoms with van der Waals surface area (Å²) in [5, 5.41) is 2.28. The largest absolute Gasteiger partial charge is 0.431 e. The van der Waals surface area contributed by atoms with Crippen molar-refractivity contribution in [3.63, 3.8) is 0 Å². The van der Waals surface area contributed by atoms with E-state index in [4.69, 9.17) is 0 Å². The van der Waals surface area contributed by atoms with E-state index in [1.807, 2.05) is 5.70 Å². The van der Waals surface area contributed by atoms with E-state index >= 15 is 0 Å². The third kappa shape index (κ3) is 5.77. The fourth-order valence-corrected chi connectivity index (χ4v) is 5.55. The van der Waals surface area contributed by atoms with Crippen molar-refractivity contribution in [2.75, 3.05) is 6.61 Å². The van der Waals surface area contributed by atoms with Crippen molar-refractivity contribution in [3.8, 4) is 0 Å². The summed E-state index contributed by atoms with van der Waals surface area (Å²) in [4.78, 5) is 15.4. The molecular weight excluding hydrogens is 373 g/mol. The van der Waals surface area contributed by atoms with Gasteiger partial charge in [-0.15, -0.1) is 12.3 Å². The molecule has 152 valence electrons. The maximum absolute atomic E-state index is 14.6. The minimum atomic E-state index is -5.32. The lowest BCUT2D eigenvalue weighted by molar-refractivity contribution is -0.229. The van der Waals surface area contributed by atoms with Gasteiger partial charge in [-0.3, -0.25) is 4.79 Å². The van der Waals surface area contributed by atoms with Gasteiger partial charge in [0.1, 0.15) is 0 Å². The fraction of sp³-hybridized carbons (Fsp3) is 0.824. The molecule has 3 nitrogen and oxygen atoms in total. The third-order valence-corrected chi connectivity index (χ3v) is 9.07. The molecule has 0 bridgehead atoms. The van der Waals surface area contributed by atoms with Gasteiger partial charge in [0.15, 0.2) is 0 Å². The number of nitrogens with one attached hydrogen (secondary N) is 1. The van der Waals surface area contributed by atoms with Crippen LogP contribution < -0.4 is 5.32 Å². The van der Waals surface area contributed by atoms with Crippen LogP contribution in [0.5, 0.6) is 0 Å². The molecule has 3 unspecified atom stereocenters. The fourth-order valence-electron chi connectivity index (χ4n) is 3.37. The zero-order chi connectivity index (χ0) is 20.0. The van der Waals surface area contributed by atoms with Gasteiger partial charge in [0.05, 0.1) is 14.7 Å². The number of hydrogen-bond donors (Lipinski definition) is 1. The Balaban J connectivity index is 2.78. The Morgan fingerprint density at radius 3 is 2.46 bits per heavy atom. The van der Waals surface area contributed by atoms with Crippen LogP contribution in [0.1, 0.15) is 44.9 Å². The number of halogens is 5. The molecule has 0 aliphatic heterocycles. The lowest BCUT2D eigenvalue weighted by atomic mass is 9.92. The Hall–Kier alpha value is -0.963. The maximum Gasteiger partial charge on any atom is 0.431 e. The van der Waals surface area contributed by atoms with E-state index in [-0.39, 0.29) is 12.8 Å². The molecule has 0 aromatic rings. The summed E-state index contributed by atoms with van der Waals surface area (Å²) in [7, 11) is -1.73. The smallest absolute Gasteiger partial charge is 0.350 e. The second-order valence-corrected chi connectivity index (χ2v) is 12.5. The van der Waals surface area contributed by atoms with Gasteiger partial charge >= 0.3 is 6.18 Å². The first kappa shape index (κ1) is 23.1. The van der Waals surface area contributed by atoms with E-state index in [1.54, 1.807) is 0 Å². The first-order valence-electron chi connectivity index (χ1n) is 8.91. The molecule has 3 atom stereocenters. The summed E-state index contributed by atoms with van der Waals surface area (Å²) in [5.41, 5.74) is -1.74. The Morgan fingerprint density at radius 2 is 1.92 bits per heavy atom. The molecule has 1 rings (SSSR count). The third-order valence-electron chi connectivity index (χ3n) is 5.39. The molecule has 1 saturated carbocycles. The van der Waals surface area contributed by atoms with E-state index in [9.17, 15) is 26.9 Å². The second kappa shape index (κ2) is 9.30. The first-order chi connectivity index (χ1) is 12.0. The zero-order valence-electron chi connectivity index (χ0n) is 15.3. The molecule has 1 fully saturated rings. The Labute approximate surface area is 152 Å². The zero-order valence-corrected chi connectivity index (χ0v) is 16.3. The van der Waals surface area contributed by atoms with Crippen LogP contribution in [0.3, 0.4) is 0 Å². The highest BCUT2D eigenvalue weighted by Crippen LogP contribution is 2.40. The van der Waals surface area contributed by atoms with Crippen molar-refractivity contribution >= 4 is 14.0 Å². The van der Waals surface area contributed by atoms with Crippen LogP contribution >= 0.6 is 0 Å². The van der Waals surface area contributed by atoms with Crippen LogP contribution in [-0.4, -0.2) is 38.5 Å². The number of amides is 1. The molecule has 0 aromatic carbocycles. The molecule has 1 N–H and O–H groups in total. The summed E-state index contributed by atoms with van der Waals surface area (Å²) in [6.07, 6.45) is -3.98. The Kier molecular flexibility index (Phi) is 8.25. The predicted octanol–water partition coefficient (Wildman–Crippen LogP) is 5.19. The Bertz CT molecular complexity index is 486. The molecule has 9 heteroatoms. The van der Waals surface area contributed by atoms with Gasteiger partial charge < -0.3 is 5.32 Å². The molecule has 1 aliphatic carbocycles. The first-order valence-corrected chi connectivity index (χ1v) is 12.1. The summed E-state index contributed by atoms with van der Waals surface area (Å²) >= 11 is 0. The second-order valence-electron chi connectivity index (χ2n) is 7.63. The molecule has 0 heterocycles. The summed E-state index contributed by atoms with van der Waals surface area (Å²) in [6, 6.07) is -0.473. The van der Waals surface area contributed by atoms with E-state index in [2.05, 4.69) is 29.9 Å². The van der Waals surface area contributed by atoms with Gasteiger partial charge in [-0.25, -0.2) is 4.39 Å². The SMILES string of the molecule is C=C[Si](C)(C)C1CCCC(NC(=O)C(F)(CCCCOF)C(F)(F)F)C1. The van der Waals surface area contributed by atoms with Crippen molar-refractivity contribution < 1.29 is 31.8 Å². The van der Waals surface area contributed by atoms with Gasteiger partial charge in [0.2, 0.25) is 0 Å². The molecule has 1 aliphatic rings. The predicted molar refractivity (Wildman–Crippen MR) is 92.6 cm³/mol. The highest BCUT2D eigenvalue weighted by molar-refractivity contribution is 6.83. The molecule has 0 radical (unpaired) electrons. The van der Waals surface area contributed by atoms with Crippen LogP contribution in [0.15, 0.2) is 12.3 Å². The van der Waals surface area contributed by atoms with Gasteiger partial charge in [0, 0.05) is 6.04 Å². The lowest BCUT2D eigenvalue weighted by Gasteiger charge is -2.38. The number of rotatable bonds is 9. The van der Waals surface area contributed by atoms with E-state index in [0.29, 0.717) is 18.4 Å². The molecule has 1 amide bonds. The van der Waals surface area contributed by atoms with Crippen molar-refractivity contribution in [2.24, 2.45) is 0 Å². The monoisotopic (exact) mass is 401 g/mol. The average molecular weight is 401 g/mol. The van der Waals surface area contributed by atoms with Crippen LogP contribution in [-0.2, 0) is 9.74 Å². The van der Waals surface area contributed by atoms with Gasteiger partial charge in [-0.1, -0.05) is 25.9 Å². The quantitative estimate of drug-likeness (QED) is 0.328. The maximum atomic E-state index is 14.6. The minimum absolute atomic E-state index is 0.101. The summed E-state index contributed by atoms with van der Waals surface area (Å²) in [5.74, 6) is -1.64. The van der Waals surface area contributed by atoms with Crippen LogP contribution in [0, 0.1) is 0 Å². The number of alkyl halides is 4. The van der Waals surface area contributed by atoms with Gasteiger partial charge in [0.25, 0.3) is 11.6 Å². The van der Waals surface area contributed by atoms with Crippen LogP contribution in [0.2, 0.25) is 18.6 Å². The van der Waals surface area contributed by atoms with Gasteiger partial charge in [-0.2, -0.15) is 18.1 Å². The Morgan fingerprint density at radius 1 is 1.27 bits per heavy atom. The van der Waals surface area contributed by atoms with Crippen molar-refractivity contribution in [1.29, 1.82) is 0 Å². The highest BCUT2D eigenvalue weighted by atomic mass is 28.3. The van der Waals surface area contributed by atoms with Crippen molar-refractivity contribution in [2.45, 2.75) is 81.5 Å². The highest BCUT2D eigenvalue weighted by Gasteiger charge is 2.61. The number of hydrogen-bond acceptors (Lipinski definition) is 2. The molecule has 0 aromatic heterocycles. The minimum Gasteiger partial charge on any atom is -0.350 e. The molecule has 0 saturated heterocycles. The molecular formula is C17H28F5NO2Si. The number of carbonyl (C=O) groups is 1. The lowest BCUT2D eigenvalue weighted by Crippen LogP contribution is -2.56. The molecule has 26 heavy (non-hydrogen) atoms. The standard InChI is InChI=1S/C17H28F5NO2Si/c1-4-26(2,3)14-9-7-8-13(12-14)23-15(24)16(18,17(19,20)21)10-5-6-11-25-22/h4,13-14H,1,5-12H2,2-3H3,(H,23,24). The van der Waals surface area contributed by atoms with E-state index in [1.165, 1.54) is 0 Å². The average Bonchev–Trinajstić information content (AvgIpc) is 2.57. The summed E-state index contributed by atoms with van der Waals surface area (Å²) < 4.78 is 65.7. The van der Waals surface area contributed by atoms with E-state index < -0.39 is 44.9 Å². The molecule has 0 spiro atoms. The van der Waals surface area contributed by atoms with Gasteiger partial charge in [-0.05, 0) is 42.2 Å². The topological polar surface area (TPSA) is 38.3 Å². The van der Waals surface area contributed by atoms with E-state index in [0.717, 1.165) is 12.8 Å². The van der Waals surface area contributed by atoms with Crippen molar-refractivity contribution in [1.82, 2.24) is 5.32 Å². The number of carbonyl (C=O) groups excluding carboxylic acids is 1. The normalized spacial score (nSPS) is 24.0. The van der Waals surface area contributed by atoms with Crippen LogP contribution in [0.25, 0.3) is 0 Å².